The molecule has 0 spiro atoms. The van der Waals surface area contributed by atoms with E-state index >= 15 is 0 Å². The Morgan fingerprint density at radius 1 is 0.895 bits per heavy atom. The van der Waals surface area contributed by atoms with Gasteiger partial charge in [-0.3, -0.25) is 39.0 Å². The molecule has 6 heterocycles. The number of rotatable bonds is 13. The van der Waals surface area contributed by atoms with Crippen LogP contribution < -0.4 is 21.3 Å². The molecule has 4 aliphatic rings. The molecular formula is C40H45N11O6. The largest absolute Gasteiger partial charge is 0.385 e. The summed E-state index contributed by atoms with van der Waals surface area (Å²) in [5, 5.41) is 12.1. The Labute approximate surface area is 328 Å². The maximum absolute atomic E-state index is 13.1. The molecule has 6 amide bonds. The quantitative estimate of drug-likeness (QED) is 0.114. The number of likely N-dealkylation sites (tertiary alicyclic amines) is 1. The van der Waals surface area contributed by atoms with E-state index in [2.05, 4.69) is 45.8 Å². The van der Waals surface area contributed by atoms with E-state index in [-0.39, 0.29) is 53.9 Å². The van der Waals surface area contributed by atoms with E-state index in [0.29, 0.717) is 48.8 Å². The van der Waals surface area contributed by atoms with Gasteiger partial charge in [-0.2, -0.15) is 0 Å². The number of nitrogens with one attached hydrogen (secondary N) is 4. The summed E-state index contributed by atoms with van der Waals surface area (Å²) in [5.41, 5.74) is 3.85. The molecule has 17 nitrogen and oxygen atoms in total. The number of unbranched alkanes of at least 4 members (excludes halogenated alkanes) is 2. The minimum atomic E-state index is -0.996. The number of imidazole rings is 1. The maximum atomic E-state index is 13.1. The Hall–Kier alpha value is -6.26. The van der Waals surface area contributed by atoms with Crippen molar-refractivity contribution in [2.45, 2.75) is 95.3 Å². The first kappa shape index (κ1) is 37.7. The number of fused-ring (bicyclic) bond motifs is 2. The highest BCUT2D eigenvalue weighted by Crippen LogP contribution is 2.35. The lowest BCUT2D eigenvalue weighted by atomic mass is 9.86. The van der Waals surface area contributed by atoms with Crippen molar-refractivity contribution >= 4 is 58.1 Å². The molecule has 0 radical (unpaired) electrons. The first-order valence-corrected chi connectivity index (χ1v) is 19.7. The predicted molar refractivity (Wildman–Crippen MR) is 207 cm³/mol. The van der Waals surface area contributed by atoms with Crippen molar-refractivity contribution < 1.29 is 28.8 Å². The molecule has 1 aromatic carbocycles. The molecule has 1 atom stereocenters. The first-order valence-electron chi connectivity index (χ1n) is 19.7. The van der Waals surface area contributed by atoms with E-state index in [0.717, 1.165) is 61.2 Å². The van der Waals surface area contributed by atoms with E-state index < -0.39 is 29.7 Å². The number of piperidine rings is 2. The highest BCUT2D eigenvalue weighted by Gasteiger charge is 2.44. The van der Waals surface area contributed by atoms with Gasteiger partial charge in [0, 0.05) is 62.0 Å². The summed E-state index contributed by atoms with van der Waals surface area (Å²) >= 11 is 0. The molecule has 1 aliphatic carbocycles. The second kappa shape index (κ2) is 16.1. The third kappa shape index (κ3) is 7.91. The van der Waals surface area contributed by atoms with Crippen LogP contribution in [0.5, 0.6) is 0 Å². The van der Waals surface area contributed by atoms with Gasteiger partial charge in [0.15, 0.2) is 11.5 Å². The van der Waals surface area contributed by atoms with Crippen molar-refractivity contribution in [3.05, 3.63) is 71.6 Å². The fraction of sp³-hybridized carbons (Fsp3) is 0.450. The average Bonchev–Trinajstić information content (AvgIpc) is 3.72. The number of carbonyl (C=O) groups excluding carboxylic acids is 6. The third-order valence-corrected chi connectivity index (χ3v) is 11.3. The van der Waals surface area contributed by atoms with Crippen LogP contribution in [0.25, 0.3) is 11.2 Å². The standard InChI is InChI=1S/C40H45N11O6/c1-23-6-5-7-30(45-23)37(54)47-26-18-27(19-26)50-22-44-34-35(42-21-43-36(34)50)46-24-13-16-49(17-14-24)33(53)8-3-2-4-15-41-25-9-10-28-29(20-25)40(57)51(39(28)56)31-11-12-32(52)48-38(31)55/h5-7,9-10,20-22,24,26-27,31,41H,2-4,8,11-19H2,1H3,(H,47,54)(H,42,43,46)(H,48,52,55). The lowest BCUT2D eigenvalue weighted by molar-refractivity contribution is -0.136. The van der Waals surface area contributed by atoms with Crippen LogP contribution in [0.3, 0.4) is 0 Å². The average molecular weight is 776 g/mol. The van der Waals surface area contributed by atoms with Gasteiger partial charge in [-0.1, -0.05) is 12.5 Å². The van der Waals surface area contributed by atoms with Gasteiger partial charge in [-0.25, -0.2) is 19.9 Å². The van der Waals surface area contributed by atoms with E-state index in [9.17, 15) is 28.8 Å². The molecule has 296 valence electrons. The van der Waals surface area contributed by atoms with E-state index in [4.69, 9.17) is 0 Å². The molecular weight excluding hydrogens is 731 g/mol. The van der Waals surface area contributed by atoms with Crippen LogP contribution >= 0.6 is 0 Å². The Morgan fingerprint density at radius 3 is 2.49 bits per heavy atom. The summed E-state index contributed by atoms with van der Waals surface area (Å²) in [6, 6.07) is 9.75. The highest BCUT2D eigenvalue weighted by molar-refractivity contribution is 6.23. The van der Waals surface area contributed by atoms with E-state index in [1.165, 1.54) is 0 Å². The highest BCUT2D eigenvalue weighted by atomic mass is 16.2. The molecule has 57 heavy (non-hydrogen) atoms. The van der Waals surface area contributed by atoms with Gasteiger partial charge in [0.2, 0.25) is 17.7 Å². The number of amides is 6. The minimum absolute atomic E-state index is 0.0563. The van der Waals surface area contributed by atoms with Crippen LogP contribution in [-0.2, 0) is 14.4 Å². The summed E-state index contributed by atoms with van der Waals surface area (Å²) in [6.07, 6.45) is 9.57. The van der Waals surface area contributed by atoms with Crippen molar-refractivity contribution in [1.29, 1.82) is 0 Å². The second-order valence-corrected chi connectivity index (χ2v) is 15.3. The van der Waals surface area contributed by atoms with E-state index in [1.807, 2.05) is 24.0 Å². The molecule has 2 saturated heterocycles. The van der Waals surface area contributed by atoms with Crippen LogP contribution in [0.15, 0.2) is 49.1 Å². The Morgan fingerprint density at radius 2 is 1.70 bits per heavy atom. The summed E-state index contributed by atoms with van der Waals surface area (Å²) in [6.45, 7) is 3.82. The monoisotopic (exact) mass is 775 g/mol. The minimum Gasteiger partial charge on any atom is -0.385 e. The van der Waals surface area contributed by atoms with Crippen LogP contribution in [0.1, 0.15) is 107 Å². The zero-order valence-electron chi connectivity index (χ0n) is 31.7. The Balaban J connectivity index is 0.737. The predicted octanol–water partition coefficient (Wildman–Crippen LogP) is 3.14. The topological polar surface area (TPSA) is 214 Å². The summed E-state index contributed by atoms with van der Waals surface area (Å²) in [7, 11) is 0. The van der Waals surface area contributed by atoms with Crippen molar-refractivity contribution in [2.24, 2.45) is 0 Å². The third-order valence-electron chi connectivity index (χ3n) is 11.3. The lowest BCUT2D eigenvalue weighted by Crippen LogP contribution is -2.54. The van der Waals surface area contributed by atoms with Gasteiger partial charge in [-0.05, 0) is 82.2 Å². The molecule has 3 aromatic heterocycles. The number of nitrogens with zero attached hydrogens (tertiary/aromatic N) is 7. The fourth-order valence-electron chi connectivity index (χ4n) is 8.10. The SMILES string of the molecule is Cc1cccc(C(=O)NC2CC(n3cnc4c(NC5CCN(C(=O)CCCCCNc6ccc7c(c6)C(=O)N(C6CCC(=O)NC6=O)C7=O)CC5)ncnc43)C2)n1. The van der Waals surface area contributed by atoms with Gasteiger partial charge >= 0.3 is 0 Å². The van der Waals surface area contributed by atoms with Gasteiger partial charge in [-0.15, -0.1) is 0 Å². The number of hydrogen-bond donors (Lipinski definition) is 4. The maximum Gasteiger partial charge on any atom is 0.270 e. The molecule has 1 saturated carbocycles. The number of aromatic nitrogens is 5. The normalized spacial score (nSPS) is 21.0. The molecule has 4 N–H and O–H groups in total. The fourth-order valence-corrected chi connectivity index (χ4v) is 8.10. The van der Waals surface area contributed by atoms with Crippen LogP contribution in [0.4, 0.5) is 11.5 Å². The lowest BCUT2D eigenvalue weighted by Gasteiger charge is -2.36. The first-order chi connectivity index (χ1) is 27.6. The second-order valence-electron chi connectivity index (χ2n) is 15.3. The number of hydrogen-bond acceptors (Lipinski definition) is 12. The Bertz CT molecular complexity index is 2240. The van der Waals surface area contributed by atoms with Gasteiger partial charge < -0.3 is 25.4 Å². The summed E-state index contributed by atoms with van der Waals surface area (Å²) in [4.78, 5) is 96.4. The molecule has 3 aliphatic heterocycles. The summed E-state index contributed by atoms with van der Waals surface area (Å²) in [5.74, 6) is -1.44. The van der Waals surface area contributed by atoms with Gasteiger partial charge in [0.05, 0.1) is 17.5 Å². The number of pyridine rings is 1. The van der Waals surface area contributed by atoms with Crippen molar-refractivity contribution in [1.82, 2.24) is 44.9 Å². The van der Waals surface area contributed by atoms with Gasteiger partial charge in [0.1, 0.15) is 23.6 Å². The number of aryl methyl sites for hydroxylation is 1. The van der Waals surface area contributed by atoms with Crippen LogP contribution in [-0.4, -0.2) is 108 Å². The number of benzene rings is 1. The molecule has 0 bridgehead atoms. The van der Waals surface area contributed by atoms with Crippen molar-refractivity contribution in [3.63, 3.8) is 0 Å². The van der Waals surface area contributed by atoms with Crippen molar-refractivity contribution in [2.75, 3.05) is 30.3 Å². The summed E-state index contributed by atoms with van der Waals surface area (Å²) < 4.78 is 2.06. The van der Waals surface area contributed by atoms with E-state index in [1.54, 1.807) is 36.9 Å². The van der Waals surface area contributed by atoms with Crippen LogP contribution in [0, 0.1) is 6.92 Å². The number of anilines is 2. The molecule has 3 fully saturated rings. The smallest absolute Gasteiger partial charge is 0.270 e. The Kier molecular flexibility index (Phi) is 10.6. The number of carbonyl (C=O) groups is 6. The zero-order chi connectivity index (χ0) is 39.6. The van der Waals surface area contributed by atoms with Crippen LogP contribution in [0.2, 0.25) is 0 Å². The molecule has 1 unspecified atom stereocenters. The van der Waals surface area contributed by atoms with Crippen molar-refractivity contribution in [3.8, 4) is 0 Å². The molecule has 17 heteroatoms. The van der Waals surface area contributed by atoms with Gasteiger partial charge in [0.25, 0.3) is 17.7 Å². The zero-order valence-corrected chi connectivity index (χ0v) is 31.7. The molecule has 8 rings (SSSR count). The number of imide groups is 2. The molecule has 4 aromatic rings.